The van der Waals surface area contributed by atoms with E-state index in [1.807, 2.05) is 0 Å². The first-order valence-electron chi connectivity index (χ1n) is 7.36. The van der Waals surface area contributed by atoms with Crippen molar-refractivity contribution in [3.63, 3.8) is 0 Å². The van der Waals surface area contributed by atoms with Crippen LogP contribution in [0.25, 0.3) is 0 Å². The van der Waals surface area contributed by atoms with Crippen LogP contribution in [0.2, 0.25) is 0 Å². The van der Waals surface area contributed by atoms with Crippen molar-refractivity contribution in [3.05, 3.63) is 29.8 Å². The summed E-state index contributed by atoms with van der Waals surface area (Å²) in [7, 11) is 2.71. The van der Waals surface area contributed by atoms with Crippen molar-refractivity contribution in [2.24, 2.45) is 11.8 Å². The first-order valence-corrected chi connectivity index (χ1v) is 7.36. The number of benzene rings is 1. The van der Waals surface area contributed by atoms with Crippen LogP contribution in [0.15, 0.2) is 24.3 Å². The number of imide groups is 1. The Morgan fingerprint density at radius 2 is 1.87 bits per heavy atom. The molecule has 0 radical (unpaired) electrons. The van der Waals surface area contributed by atoms with Gasteiger partial charge in [0, 0.05) is 19.5 Å². The van der Waals surface area contributed by atoms with Gasteiger partial charge in [0.15, 0.2) is 0 Å². The third-order valence-electron chi connectivity index (χ3n) is 5.03. The van der Waals surface area contributed by atoms with Gasteiger partial charge in [-0.2, -0.15) is 0 Å². The zero-order valence-electron chi connectivity index (χ0n) is 13.1. The number of esters is 1. The van der Waals surface area contributed by atoms with Gasteiger partial charge in [0.1, 0.15) is 23.6 Å². The molecule has 2 amide bonds. The molecule has 0 bridgehead atoms. The quantitative estimate of drug-likeness (QED) is 0.547. The van der Waals surface area contributed by atoms with Gasteiger partial charge in [-0.15, -0.1) is 0 Å². The van der Waals surface area contributed by atoms with E-state index in [2.05, 4.69) is 0 Å². The molecule has 0 aromatic heterocycles. The van der Waals surface area contributed by atoms with Crippen LogP contribution in [0, 0.1) is 11.8 Å². The van der Waals surface area contributed by atoms with E-state index >= 15 is 0 Å². The highest BCUT2D eigenvalue weighted by atomic mass is 16.5. The number of amides is 2. The molecule has 4 atom stereocenters. The number of quaternary nitrogens is 1. The molecule has 3 rings (SSSR count). The van der Waals surface area contributed by atoms with Crippen LogP contribution in [0.1, 0.15) is 18.5 Å². The molecule has 23 heavy (non-hydrogen) atoms. The van der Waals surface area contributed by atoms with Crippen LogP contribution in [-0.2, 0) is 19.1 Å². The summed E-state index contributed by atoms with van der Waals surface area (Å²) in [6, 6.07) is 6.07. The first kappa shape index (κ1) is 15.5. The summed E-state index contributed by atoms with van der Waals surface area (Å²) >= 11 is 0. The van der Waals surface area contributed by atoms with Crippen molar-refractivity contribution in [2.75, 3.05) is 14.2 Å². The maximum atomic E-state index is 12.5. The van der Waals surface area contributed by atoms with Crippen molar-refractivity contribution >= 4 is 17.8 Å². The summed E-state index contributed by atoms with van der Waals surface area (Å²) in [5.41, 5.74) is -0.374. The van der Waals surface area contributed by atoms with Crippen LogP contribution in [-0.4, -0.2) is 47.5 Å². The minimum absolute atomic E-state index is 0.116. The number of ether oxygens (including phenoxy) is 1. The second kappa shape index (κ2) is 5.06. The van der Waals surface area contributed by atoms with Crippen molar-refractivity contribution in [3.8, 4) is 5.75 Å². The second-order valence-electron chi connectivity index (χ2n) is 6.30. The number of nitrogens with zero attached hydrogens (tertiary/aromatic N) is 1. The molecule has 0 aliphatic carbocycles. The topological polar surface area (TPSA) is 101 Å². The third kappa shape index (κ3) is 2.03. The number of methoxy groups -OCH3 is 1. The molecule has 2 fully saturated rings. The van der Waals surface area contributed by atoms with Crippen LogP contribution in [0.4, 0.5) is 0 Å². The van der Waals surface area contributed by atoms with E-state index in [-0.39, 0.29) is 23.6 Å². The van der Waals surface area contributed by atoms with Gasteiger partial charge in [0.05, 0.1) is 7.11 Å². The third-order valence-corrected chi connectivity index (χ3v) is 5.03. The number of nitrogens with two attached hydrogens (primary N) is 1. The van der Waals surface area contributed by atoms with Gasteiger partial charge in [0.2, 0.25) is 17.4 Å². The fourth-order valence-electron chi connectivity index (χ4n) is 3.82. The maximum absolute atomic E-state index is 12.5. The number of phenols is 1. The number of hydrogen-bond acceptors (Lipinski definition) is 5. The van der Waals surface area contributed by atoms with Crippen molar-refractivity contribution in [1.82, 2.24) is 4.90 Å². The lowest BCUT2D eigenvalue weighted by atomic mass is 9.80. The maximum Gasteiger partial charge on any atom is 0.368 e. The summed E-state index contributed by atoms with van der Waals surface area (Å²) in [6.45, 7) is 1.64. The lowest BCUT2D eigenvalue weighted by molar-refractivity contribution is -0.731. The number of likely N-dealkylation sites (tertiary alicyclic amines) is 1. The highest BCUT2D eigenvalue weighted by Gasteiger charge is 2.70. The molecule has 0 saturated carbocycles. The molecule has 0 spiro atoms. The first-order chi connectivity index (χ1) is 10.8. The normalized spacial score (nSPS) is 33.0. The molecule has 1 aromatic carbocycles. The molecule has 122 valence electrons. The minimum Gasteiger partial charge on any atom is -0.508 e. The standard InChI is InChI=1S/C16H18N2O5/c1-16(15(22)23-3)11-10(13(20)18(2)14(11)21)12(17-16)8-4-6-9(19)7-5-8/h4-7,10-12,17,19H,1-3H3/p+1/t10-,11-,12-,16+/m0/s1. The van der Waals surface area contributed by atoms with Gasteiger partial charge in [-0.1, -0.05) is 0 Å². The number of aromatic hydroxyl groups is 1. The fraction of sp³-hybridized carbons (Fsp3) is 0.438. The second-order valence-corrected chi connectivity index (χ2v) is 6.30. The van der Waals surface area contributed by atoms with E-state index in [1.165, 1.54) is 26.3 Å². The van der Waals surface area contributed by atoms with Crippen LogP contribution < -0.4 is 5.32 Å². The largest absolute Gasteiger partial charge is 0.508 e. The predicted octanol–water partition coefficient (Wildman–Crippen LogP) is -0.827. The Morgan fingerprint density at radius 3 is 2.43 bits per heavy atom. The number of rotatable bonds is 2. The van der Waals surface area contributed by atoms with Crippen molar-refractivity contribution in [1.29, 1.82) is 0 Å². The molecule has 1 aromatic rings. The number of fused-ring (bicyclic) bond motifs is 1. The number of phenolic OH excluding ortho intramolecular Hbond substituents is 1. The summed E-state index contributed by atoms with van der Waals surface area (Å²) in [5, 5.41) is 11.2. The molecule has 2 heterocycles. The molecular formula is C16H19N2O5+. The van der Waals surface area contributed by atoms with Gasteiger partial charge in [-0.3, -0.25) is 14.5 Å². The van der Waals surface area contributed by atoms with Crippen LogP contribution >= 0.6 is 0 Å². The zero-order chi connectivity index (χ0) is 16.9. The lowest BCUT2D eigenvalue weighted by Crippen LogP contribution is -2.97. The van der Waals surface area contributed by atoms with Crippen LogP contribution in [0.5, 0.6) is 5.75 Å². The molecule has 7 heteroatoms. The summed E-state index contributed by atoms with van der Waals surface area (Å²) in [6.07, 6.45) is 0. The Morgan fingerprint density at radius 1 is 1.26 bits per heavy atom. The lowest BCUT2D eigenvalue weighted by Gasteiger charge is -2.24. The molecule has 0 unspecified atom stereocenters. The monoisotopic (exact) mass is 319 g/mol. The average molecular weight is 319 g/mol. The Hall–Kier alpha value is -2.41. The molecular weight excluding hydrogens is 300 g/mol. The highest BCUT2D eigenvalue weighted by Crippen LogP contribution is 2.43. The summed E-state index contributed by atoms with van der Waals surface area (Å²) < 4.78 is 4.88. The van der Waals surface area contributed by atoms with Gasteiger partial charge in [0.25, 0.3) is 0 Å². The SMILES string of the molecule is COC(=O)[C@]1(C)[NH2+][C@@H](c2ccc(O)cc2)[C@H]2C(=O)N(C)C(=O)[C@H]21. The molecule has 2 aliphatic heterocycles. The Kier molecular flexibility index (Phi) is 3.40. The van der Waals surface area contributed by atoms with E-state index < -0.39 is 23.3 Å². The Labute approximate surface area is 133 Å². The summed E-state index contributed by atoms with van der Waals surface area (Å²) in [4.78, 5) is 38.4. The van der Waals surface area contributed by atoms with E-state index in [4.69, 9.17) is 4.74 Å². The minimum atomic E-state index is -1.15. The Bertz CT molecular complexity index is 686. The van der Waals surface area contributed by atoms with Gasteiger partial charge < -0.3 is 15.2 Å². The number of carbonyl (C=O) groups is 3. The van der Waals surface area contributed by atoms with Gasteiger partial charge >= 0.3 is 5.97 Å². The van der Waals surface area contributed by atoms with E-state index in [1.54, 1.807) is 24.4 Å². The highest BCUT2D eigenvalue weighted by molar-refractivity contribution is 6.08. The molecule has 2 aliphatic rings. The zero-order valence-corrected chi connectivity index (χ0v) is 13.1. The smallest absolute Gasteiger partial charge is 0.368 e. The van der Waals surface area contributed by atoms with E-state index in [0.717, 1.165) is 10.5 Å². The van der Waals surface area contributed by atoms with Crippen LogP contribution in [0.3, 0.4) is 0 Å². The van der Waals surface area contributed by atoms with Crippen molar-refractivity contribution in [2.45, 2.75) is 18.5 Å². The molecule has 3 N–H and O–H groups in total. The van der Waals surface area contributed by atoms with Gasteiger partial charge in [-0.05, 0) is 24.3 Å². The number of carbonyl (C=O) groups excluding carboxylic acids is 3. The van der Waals surface area contributed by atoms with E-state index in [9.17, 15) is 19.5 Å². The Balaban J connectivity index is 2.09. The summed E-state index contributed by atoms with van der Waals surface area (Å²) in [5.74, 6) is -2.44. The predicted molar refractivity (Wildman–Crippen MR) is 78.0 cm³/mol. The van der Waals surface area contributed by atoms with E-state index in [0.29, 0.717) is 0 Å². The molecule has 7 nitrogen and oxygen atoms in total. The molecule has 2 saturated heterocycles. The van der Waals surface area contributed by atoms with Gasteiger partial charge in [-0.25, -0.2) is 4.79 Å². The average Bonchev–Trinajstić information content (AvgIpc) is 2.97. The fourth-order valence-corrected chi connectivity index (χ4v) is 3.82. The van der Waals surface area contributed by atoms with Crippen molar-refractivity contribution < 1.29 is 29.5 Å². The number of hydrogen-bond donors (Lipinski definition) is 2.